The van der Waals surface area contributed by atoms with Gasteiger partial charge >= 0.3 is 0 Å². The van der Waals surface area contributed by atoms with Crippen molar-refractivity contribution >= 4 is 0 Å². The van der Waals surface area contributed by atoms with Gasteiger partial charge in [-0.05, 0) is 38.6 Å². The zero-order valence-corrected chi connectivity index (χ0v) is 9.04. The van der Waals surface area contributed by atoms with E-state index < -0.39 is 0 Å². The number of nitrogens with zero attached hydrogens (tertiary/aromatic N) is 1. The minimum absolute atomic E-state index is 0.186. The largest absolute Gasteiger partial charge is 0.370 e. The number of rotatable bonds is 4. The standard InChI is InChI=1S/C11H19N3O/c12-6-3-4-9-8-13-11(14-9)10-5-1-2-7-15-10/h8,10H,1-7,12H2,(H,13,14). The topological polar surface area (TPSA) is 63.9 Å². The summed E-state index contributed by atoms with van der Waals surface area (Å²) < 4.78 is 5.66. The SMILES string of the molecule is NCCCc1cnc(C2CCCCO2)[nH]1. The van der Waals surface area contributed by atoms with E-state index in [1.807, 2.05) is 6.20 Å². The Kier molecular flexibility index (Phi) is 3.75. The van der Waals surface area contributed by atoms with E-state index in [1.54, 1.807) is 0 Å². The zero-order chi connectivity index (χ0) is 10.5. The predicted octanol–water partition coefficient (Wildman–Crippen LogP) is 1.54. The van der Waals surface area contributed by atoms with Crippen molar-refractivity contribution < 1.29 is 4.74 Å². The maximum Gasteiger partial charge on any atom is 0.135 e. The van der Waals surface area contributed by atoms with Crippen molar-refractivity contribution in [3.63, 3.8) is 0 Å². The molecule has 0 aliphatic carbocycles. The van der Waals surface area contributed by atoms with Gasteiger partial charge in [-0.15, -0.1) is 0 Å². The van der Waals surface area contributed by atoms with Crippen LogP contribution in [0.2, 0.25) is 0 Å². The summed E-state index contributed by atoms with van der Waals surface area (Å²) in [7, 11) is 0. The summed E-state index contributed by atoms with van der Waals surface area (Å²) in [5, 5.41) is 0. The van der Waals surface area contributed by atoms with Crippen molar-refractivity contribution in [3.8, 4) is 0 Å². The highest BCUT2D eigenvalue weighted by atomic mass is 16.5. The Morgan fingerprint density at radius 2 is 2.47 bits per heavy atom. The summed E-state index contributed by atoms with van der Waals surface area (Å²) in [5.41, 5.74) is 6.64. The number of aromatic nitrogens is 2. The average Bonchev–Trinajstić information content (AvgIpc) is 2.76. The number of ether oxygens (including phenoxy) is 1. The lowest BCUT2D eigenvalue weighted by atomic mass is 10.1. The highest BCUT2D eigenvalue weighted by Crippen LogP contribution is 2.25. The molecule has 84 valence electrons. The van der Waals surface area contributed by atoms with Crippen LogP contribution in [-0.2, 0) is 11.2 Å². The van der Waals surface area contributed by atoms with Crippen LogP contribution in [0.1, 0.15) is 43.3 Å². The third-order valence-corrected chi connectivity index (χ3v) is 2.78. The molecule has 1 unspecified atom stereocenters. The first-order chi connectivity index (χ1) is 7.40. The molecular formula is C11H19N3O. The Morgan fingerprint density at radius 1 is 1.53 bits per heavy atom. The van der Waals surface area contributed by atoms with Gasteiger partial charge in [0.2, 0.25) is 0 Å². The summed E-state index contributed by atoms with van der Waals surface area (Å²) in [6.07, 6.45) is 7.59. The number of nitrogens with one attached hydrogen (secondary N) is 1. The number of nitrogens with two attached hydrogens (primary N) is 1. The third-order valence-electron chi connectivity index (χ3n) is 2.78. The smallest absolute Gasteiger partial charge is 0.135 e. The predicted molar refractivity (Wildman–Crippen MR) is 58.5 cm³/mol. The van der Waals surface area contributed by atoms with Crippen molar-refractivity contribution in [3.05, 3.63) is 17.7 Å². The number of aromatic amines is 1. The highest BCUT2D eigenvalue weighted by molar-refractivity contribution is 5.04. The minimum atomic E-state index is 0.186. The Morgan fingerprint density at radius 3 is 3.20 bits per heavy atom. The van der Waals surface area contributed by atoms with Crippen LogP contribution in [-0.4, -0.2) is 23.1 Å². The second-order valence-corrected chi connectivity index (χ2v) is 4.04. The van der Waals surface area contributed by atoms with Crippen LogP contribution in [0.15, 0.2) is 6.20 Å². The number of hydrogen-bond donors (Lipinski definition) is 2. The molecule has 0 radical (unpaired) electrons. The van der Waals surface area contributed by atoms with Crippen LogP contribution < -0.4 is 5.73 Å². The number of hydrogen-bond acceptors (Lipinski definition) is 3. The summed E-state index contributed by atoms with van der Waals surface area (Å²) in [6.45, 7) is 1.60. The lowest BCUT2D eigenvalue weighted by Crippen LogP contribution is -2.12. The Bertz CT molecular complexity index is 292. The molecule has 1 aliphatic rings. The van der Waals surface area contributed by atoms with Crippen LogP contribution in [0.4, 0.5) is 0 Å². The first-order valence-electron chi connectivity index (χ1n) is 5.75. The van der Waals surface area contributed by atoms with E-state index in [0.29, 0.717) is 0 Å². The molecule has 1 atom stereocenters. The maximum absolute atomic E-state index is 5.66. The quantitative estimate of drug-likeness (QED) is 0.790. The van der Waals surface area contributed by atoms with Gasteiger partial charge in [-0.2, -0.15) is 0 Å². The van der Waals surface area contributed by atoms with Crippen molar-refractivity contribution in [2.45, 2.75) is 38.2 Å². The molecule has 0 saturated carbocycles. The van der Waals surface area contributed by atoms with Gasteiger partial charge in [0.25, 0.3) is 0 Å². The van der Waals surface area contributed by atoms with Gasteiger partial charge in [0.1, 0.15) is 11.9 Å². The van der Waals surface area contributed by atoms with E-state index >= 15 is 0 Å². The van der Waals surface area contributed by atoms with Gasteiger partial charge < -0.3 is 15.5 Å². The fraction of sp³-hybridized carbons (Fsp3) is 0.727. The Balaban J connectivity index is 1.93. The molecule has 3 N–H and O–H groups in total. The molecule has 0 amide bonds. The van der Waals surface area contributed by atoms with Gasteiger partial charge in [-0.3, -0.25) is 0 Å². The fourth-order valence-electron chi connectivity index (χ4n) is 1.92. The Labute approximate surface area is 90.2 Å². The molecular weight excluding hydrogens is 190 g/mol. The fourth-order valence-corrected chi connectivity index (χ4v) is 1.92. The summed E-state index contributed by atoms with van der Waals surface area (Å²) in [6, 6.07) is 0. The number of H-pyrrole nitrogens is 1. The summed E-state index contributed by atoms with van der Waals surface area (Å²) >= 11 is 0. The first kappa shape index (κ1) is 10.6. The van der Waals surface area contributed by atoms with Gasteiger partial charge in [-0.1, -0.05) is 0 Å². The van der Waals surface area contributed by atoms with Crippen LogP contribution in [0.25, 0.3) is 0 Å². The molecule has 1 aliphatic heterocycles. The molecule has 0 spiro atoms. The second-order valence-electron chi connectivity index (χ2n) is 4.04. The van der Waals surface area contributed by atoms with Crippen LogP contribution in [0, 0.1) is 0 Å². The highest BCUT2D eigenvalue weighted by Gasteiger charge is 2.18. The van der Waals surface area contributed by atoms with E-state index in [9.17, 15) is 0 Å². The number of aryl methyl sites for hydroxylation is 1. The minimum Gasteiger partial charge on any atom is -0.370 e. The molecule has 1 aromatic heterocycles. The van der Waals surface area contributed by atoms with Crippen molar-refractivity contribution in [1.82, 2.24) is 9.97 Å². The van der Waals surface area contributed by atoms with Gasteiger partial charge in [-0.25, -0.2) is 4.98 Å². The normalized spacial score (nSPS) is 21.8. The summed E-state index contributed by atoms with van der Waals surface area (Å²) in [4.78, 5) is 7.70. The van der Waals surface area contributed by atoms with Crippen LogP contribution in [0.3, 0.4) is 0 Å². The van der Waals surface area contributed by atoms with E-state index in [2.05, 4.69) is 9.97 Å². The molecule has 2 heterocycles. The van der Waals surface area contributed by atoms with E-state index in [1.165, 1.54) is 18.5 Å². The molecule has 1 fully saturated rings. The van der Waals surface area contributed by atoms with E-state index in [-0.39, 0.29) is 6.10 Å². The van der Waals surface area contributed by atoms with Crippen LogP contribution >= 0.6 is 0 Å². The molecule has 0 bridgehead atoms. The van der Waals surface area contributed by atoms with Crippen molar-refractivity contribution in [1.29, 1.82) is 0 Å². The molecule has 4 heteroatoms. The van der Waals surface area contributed by atoms with Crippen molar-refractivity contribution in [2.24, 2.45) is 5.73 Å². The lowest BCUT2D eigenvalue weighted by Gasteiger charge is -2.20. The molecule has 1 aromatic rings. The monoisotopic (exact) mass is 209 g/mol. The van der Waals surface area contributed by atoms with E-state index in [4.69, 9.17) is 10.5 Å². The molecule has 2 rings (SSSR count). The van der Waals surface area contributed by atoms with E-state index in [0.717, 1.165) is 38.2 Å². The van der Waals surface area contributed by atoms with Crippen LogP contribution in [0.5, 0.6) is 0 Å². The molecule has 1 saturated heterocycles. The average molecular weight is 209 g/mol. The molecule has 4 nitrogen and oxygen atoms in total. The summed E-state index contributed by atoms with van der Waals surface area (Å²) in [5.74, 6) is 0.988. The Hall–Kier alpha value is -0.870. The first-order valence-corrected chi connectivity index (χ1v) is 5.75. The van der Waals surface area contributed by atoms with Gasteiger partial charge in [0.15, 0.2) is 0 Å². The molecule has 15 heavy (non-hydrogen) atoms. The molecule has 0 aromatic carbocycles. The van der Waals surface area contributed by atoms with Gasteiger partial charge in [0, 0.05) is 18.5 Å². The van der Waals surface area contributed by atoms with Gasteiger partial charge in [0.05, 0.1) is 0 Å². The zero-order valence-electron chi connectivity index (χ0n) is 9.04. The lowest BCUT2D eigenvalue weighted by molar-refractivity contribution is 0.00989. The maximum atomic E-state index is 5.66. The third kappa shape index (κ3) is 2.79. The number of imidazole rings is 1. The van der Waals surface area contributed by atoms with Crippen molar-refractivity contribution in [2.75, 3.05) is 13.2 Å². The second kappa shape index (κ2) is 5.28.